The number of amides is 2. The number of primary amides is 1. The Labute approximate surface area is 200 Å². The molecule has 1 aliphatic heterocycles. The molecule has 2 amide bonds. The highest BCUT2D eigenvalue weighted by atomic mass is 32.1. The quantitative estimate of drug-likeness (QED) is 0.548. The van der Waals surface area contributed by atoms with Gasteiger partial charge in [-0.05, 0) is 45.4 Å². The number of halogens is 1. The molecule has 3 aromatic rings. The predicted octanol–water partition coefficient (Wildman–Crippen LogP) is 4.37. The molecule has 0 bridgehead atoms. The van der Waals surface area contributed by atoms with Crippen molar-refractivity contribution in [2.75, 3.05) is 18.4 Å². The molecule has 1 aromatic carbocycles. The van der Waals surface area contributed by atoms with E-state index in [9.17, 15) is 14.0 Å². The number of hydrogen-bond donors (Lipinski definition) is 2. The Morgan fingerprint density at radius 2 is 2.06 bits per heavy atom. The van der Waals surface area contributed by atoms with Crippen LogP contribution in [0.15, 0.2) is 24.5 Å². The fraction of sp³-hybridized carbons (Fsp3) is 0.391. The summed E-state index contributed by atoms with van der Waals surface area (Å²) in [5, 5.41) is 3.84. The topological polar surface area (TPSA) is 120 Å². The van der Waals surface area contributed by atoms with Crippen molar-refractivity contribution in [1.82, 2.24) is 14.9 Å². The molecule has 0 aliphatic carbocycles. The first-order valence-electron chi connectivity index (χ1n) is 10.8. The van der Waals surface area contributed by atoms with Crippen LogP contribution in [0, 0.1) is 12.7 Å². The average molecular weight is 488 g/mol. The Morgan fingerprint density at radius 1 is 1.29 bits per heavy atom. The summed E-state index contributed by atoms with van der Waals surface area (Å²) in [5.74, 6) is -0.263. The zero-order chi connectivity index (χ0) is 24.6. The molecule has 34 heavy (non-hydrogen) atoms. The van der Waals surface area contributed by atoms with Crippen molar-refractivity contribution in [3.63, 3.8) is 0 Å². The van der Waals surface area contributed by atoms with E-state index in [0.717, 1.165) is 0 Å². The van der Waals surface area contributed by atoms with Crippen LogP contribution in [0.25, 0.3) is 10.2 Å². The number of carbonyl (C=O) groups is 2. The SMILES string of the molecule is Cc1c(C(N)=O)sc2ncnc(Nc3ccc(F)cc3OC3CCN(C(=O)OC(C)(C)C)C3)c12. The summed E-state index contributed by atoms with van der Waals surface area (Å²) in [7, 11) is 0. The molecule has 0 spiro atoms. The minimum atomic E-state index is -0.591. The van der Waals surface area contributed by atoms with E-state index in [1.54, 1.807) is 17.9 Å². The second kappa shape index (κ2) is 9.05. The number of likely N-dealkylation sites (tertiary alicyclic amines) is 1. The van der Waals surface area contributed by atoms with E-state index in [4.69, 9.17) is 15.2 Å². The number of hydrogen-bond acceptors (Lipinski definition) is 8. The van der Waals surface area contributed by atoms with E-state index in [-0.39, 0.29) is 11.9 Å². The molecule has 1 aliphatic rings. The fourth-order valence-electron chi connectivity index (χ4n) is 3.72. The number of benzene rings is 1. The highest BCUT2D eigenvalue weighted by Crippen LogP contribution is 2.37. The lowest BCUT2D eigenvalue weighted by Gasteiger charge is -2.24. The van der Waals surface area contributed by atoms with Crippen molar-refractivity contribution < 1.29 is 23.5 Å². The van der Waals surface area contributed by atoms with Gasteiger partial charge in [-0.25, -0.2) is 19.2 Å². The zero-order valence-electron chi connectivity index (χ0n) is 19.3. The maximum Gasteiger partial charge on any atom is 0.410 e. The third-order valence-electron chi connectivity index (χ3n) is 5.24. The van der Waals surface area contributed by atoms with Crippen molar-refractivity contribution >= 4 is 45.1 Å². The molecule has 180 valence electrons. The molecule has 2 aromatic heterocycles. The lowest BCUT2D eigenvalue weighted by Crippen LogP contribution is -2.36. The monoisotopic (exact) mass is 487 g/mol. The van der Waals surface area contributed by atoms with E-state index in [1.165, 1.54) is 29.8 Å². The molecule has 9 nitrogen and oxygen atoms in total. The normalized spacial score (nSPS) is 16.0. The number of rotatable bonds is 5. The first-order chi connectivity index (χ1) is 16.0. The van der Waals surface area contributed by atoms with E-state index < -0.39 is 23.4 Å². The summed E-state index contributed by atoms with van der Waals surface area (Å²) in [4.78, 5) is 35.3. The van der Waals surface area contributed by atoms with Gasteiger partial charge in [0.2, 0.25) is 0 Å². The second-order valence-electron chi connectivity index (χ2n) is 9.04. The highest BCUT2D eigenvalue weighted by molar-refractivity contribution is 7.20. The van der Waals surface area contributed by atoms with E-state index in [2.05, 4.69) is 15.3 Å². The van der Waals surface area contributed by atoms with E-state index in [1.807, 2.05) is 20.8 Å². The molecule has 1 saturated heterocycles. The number of aryl methyl sites for hydroxylation is 1. The molecular formula is C23H26FN5O4S. The summed E-state index contributed by atoms with van der Waals surface area (Å²) in [6, 6.07) is 4.15. The van der Waals surface area contributed by atoms with Gasteiger partial charge in [-0.1, -0.05) is 0 Å². The van der Waals surface area contributed by atoms with Crippen LogP contribution >= 0.6 is 11.3 Å². The predicted molar refractivity (Wildman–Crippen MR) is 127 cm³/mol. The molecule has 3 heterocycles. The van der Waals surface area contributed by atoms with Gasteiger partial charge in [0.15, 0.2) is 0 Å². The standard InChI is InChI=1S/C23H26FN5O4S/c1-12-17-20(26-11-27-21(17)34-18(12)19(25)30)28-15-6-5-13(24)9-16(15)32-14-7-8-29(10-14)22(31)33-23(2,3)4/h5-6,9,11,14H,7-8,10H2,1-4H3,(H2,25,30)(H,26,27,28). The van der Waals surface area contributed by atoms with Gasteiger partial charge in [0.25, 0.3) is 5.91 Å². The van der Waals surface area contributed by atoms with Gasteiger partial charge in [-0.2, -0.15) is 0 Å². The molecule has 1 unspecified atom stereocenters. The van der Waals surface area contributed by atoms with Crippen LogP contribution in [0.4, 0.5) is 20.7 Å². The number of nitrogens with two attached hydrogens (primary N) is 1. The Morgan fingerprint density at radius 3 is 2.76 bits per heavy atom. The number of nitrogens with one attached hydrogen (secondary N) is 1. The van der Waals surface area contributed by atoms with Gasteiger partial charge in [-0.3, -0.25) is 4.79 Å². The smallest absolute Gasteiger partial charge is 0.410 e. The van der Waals surface area contributed by atoms with Gasteiger partial charge in [-0.15, -0.1) is 11.3 Å². The van der Waals surface area contributed by atoms with Gasteiger partial charge in [0.05, 0.1) is 22.5 Å². The lowest BCUT2D eigenvalue weighted by atomic mass is 10.2. The van der Waals surface area contributed by atoms with Crippen LogP contribution in [-0.4, -0.2) is 51.7 Å². The number of aromatic nitrogens is 2. The average Bonchev–Trinajstić information content (AvgIpc) is 3.34. The van der Waals surface area contributed by atoms with Crippen LogP contribution in [0.5, 0.6) is 5.75 Å². The number of nitrogens with zero attached hydrogens (tertiary/aromatic N) is 3. The Hall–Kier alpha value is -3.47. The Balaban J connectivity index is 1.56. The summed E-state index contributed by atoms with van der Waals surface area (Å²) in [5.41, 5.74) is 6.05. The van der Waals surface area contributed by atoms with E-state index in [0.29, 0.717) is 51.7 Å². The summed E-state index contributed by atoms with van der Waals surface area (Å²) in [6.45, 7) is 8.02. The summed E-state index contributed by atoms with van der Waals surface area (Å²) >= 11 is 1.19. The number of anilines is 2. The molecule has 11 heteroatoms. The molecule has 1 fully saturated rings. The first kappa shape index (κ1) is 23.7. The van der Waals surface area contributed by atoms with Crippen molar-refractivity contribution in [2.45, 2.75) is 45.8 Å². The third kappa shape index (κ3) is 5.04. The number of ether oxygens (including phenoxy) is 2. The van der Waals surface area contributed by atoms with Crippen LogP contribution in [0.1, 0.15) is 42.4 Å². The Bertz CT molecular complexity index is 1260. The van der Waals surface area contributed by atoms with Crippen LogP contribution < -0.4 is 15.8 Å². The minimum Gasteiger partial charge on any atom is -0.486 e. The number of carbonyl (C=O) groups excluding carboxylic acids is 2. The van der Waals surface area contributed by atoms with E-state index >= 15 is 0 Å². The van der Waals surface area contributed by atoms with Crippen molar-refractivity contribution in [3.05, 3.63) is 40.8 Å². The van der Waals surface area contributed by atoms with Crippen molar-refractivity contribution in [1.29, 1.82) is 0 Å². The van der Waals surface area contributed by atoms with Crippen LogP contribution in [-0.2, 0) is 4.74 Å². The second-order valence-corrected chi connectivity index (χ2v) is 10.0. The van der Waals surface area contributed by atoms with Crippen molar-refractivity contribution in [2.24, 2.45) is 5.73 Å². The number of thiophene rings is 1. The van der Waals surface area contributed by atoms with Gasteiger partial charge < -0.3 is 25.4 Å². The number of fused-ring (bicyclic) bond motifs is 1. The lowest BCUT2D eigenvalue weighted by molar-refractivity contribution is 0.0275. The third-order valence-corrected chi connectivity index (χ3v) is 6.45. The molecule has 4 rings (SSSR count). The molecule has 1 atom stereocenters. The minimum absolute atomic E-state index is 0.283. The molecule has 0 saturated carbocycles. The first-order valence-corrected chi connectivity index (χ1v) is 11.6. The highest BCUT2D eigenvalue weighted by Gasteiger charge is 2.31. The molecule has 3 N–H and O–H groups in total. The Kier molecular flexibility index (Phi) is 6.30. The molecule has 0 radical (unpaired) electrons. The fourth-order valence-corrected chi connectivity index (χ4v) is 4.72. The molecular weight excluding hydrogens is 461 g/mol. The maximum absolute atomic E-state index is 14.1. The van der Waals surface area contributed by atoms with Crippen molar-refractivity contribution in [3.8, 4) is 5.75 Å². The van der Waals surface area contributed by atoms with Gasteiger partial charge >= 0.3 is 6.09 Å². The largest absolute Gasteiger partial charge is 0.486 e. The van der Waals surface area contributed by atoms with Crippen LogP contribution in [0.2, 0.25) is 0 Å². The maximum atomic E-state index is 14.1. The van der Waals surface area contributed by atoms with Gasteiger partial charge in [0.1, 0.15) is 40.2 Å². The summed E-state index contributed by atoms with van der Waals surface area (Å²) in [6.07, 6.45) is 1.23. The van der Waals surface area contributed by atoms with Gasteiger partial charge in [0, 0.05) is 19.0 Å². The zero-order valence-corrected chi connectivity index (χ0v) is 20.2. The van der Waals surface area contributed by atoms with Crippen LogP contribution in [0.3, 0.4) is 0 Å². The summed E-state index contributed by atoms with van der Waals surface area (Å²) < 4.78 is 25.6.